The molecule has 1 aliphatic heterocycles. The minimum absolute atomic E-state index is 0.157. The van der Waals surface area contributed by atoms with Crippen LogP contribution in [0, 0.1) is 6.57 Å². The van der Waals surface area contributed by atoms with Crippen LogP contribution in [0.2, 0.25) is 10.2 Å². The number of halogens is 2. The number of aromatic nitrogens is 5. The molecule has 0 radical (unpaired) electrons. The molecule has 0 bridgehead atoms. The fourth-order valence-electron chi connectivity index (χ4n) is 3.31. The molecule has 0 aliphatic carbocycles. The van der Waals surface area contributed by atoms with E-state index < -0.39 is 36.4 Å². The van der Waals surface area contributed by atoms with Crippen LogP contribution in [0.5, 0.6) is 0 Å². The monoisotopic (exact) mass is 514 g/mol. The zero-order valence-corrected chi connectivity index (χ0v) is 19.5. The largest absolute Gasteiger partial charge is 0.394 e. The van der Waals surface area contributed by atoms with Gasteiger partial charge in [0.2, 0.25) is 0 Å². The van der Waals surface area contributed by atoms with Crippen LogP contribution in [-0.2, 0) is 9.47 Å². The smallest absolute Gasteiger partial charge is 0.283 e. The first-order chi connectivity index (χ1) is 15.4. The standard InChI is InChI=1S/C18H16Cl2N6O4S2/c1-21-16-11(3-8(19)4-22-16)32-18-15(29-2)13(14(28)10(6-27)30-18)26-5-9(24-25-26)17-23-12(20)7-31-17/h3-5,7,10,13-15,18,27-28H,6H2,2H3/t10?,13-,14-,15?,18+/m0/s1. The van der Waals surface area contributed by atoms with E-state index in [1.165, 1.54) is 41.1 Å². The van der Waals surface area contributed by atoms with Gasteiger partial charge in [-0.15, -0.1) is 33.2 Å². The van der Waals surface area contributed by atoms with E-state index in [-0.39, 0.29) is 5.82 Å². The third kappa shape index (κ3) is 4.61. The summed E-state index contributed by atoms with van der Waals surface area (Å²) in [5.74, 6) is 0.157. The maximum atomic E-state index is 10.9. The van der Waals surface area contributed by atoms with E-state index in [0.717, 1.165) is 0 Å². The number of thioether (sulfide) groups is 1. The van der Waals surface area contributed by atoms with Gasteiger partial charge in [0.15, 0.2) is 0 Å². The lowest BCUT2D eigenvalue weighted by Crippen LogP contribution is -2.55. The van der Waals surface area contributed by atoms with Crippen molar-refractivity contribution in [3.63, 3.8) is 0 Å². The second kappa shape index (κ2) is 9.98. The third-order valence-corrected chi connectivity index (χ3v) is 7.32. The number of nitrogens with zero attached hydrogens (tertiary/aromatic N) is 6. The fourth-order valence-corrected chi connectivity index (χ4v) is 5.68. The van der Waals surface area contributed by atoms with Gasteiger partial charge in [-0.3, -0.25) is 0 Å². The van der Waals surface area contributed by atoms with Crippen LogP contribution < -0.4 is 0 Å². The highest BCUT2D eigenvalue weighted by molar-refractivity contribution is 8.00. The van der Waals surface area contributed by atoms with E-state index in [4.69, 9.17) is 39.2 Å². The Bertz CT molecular complexity index is 1140. The number of ether oxygens (including phenoxy) is 2. The molecule has 168 valence electrons. The molecule has 1 fully saturated rings. The van der Waals surface area contributed by atoms with Gasteiger partial charge in [0.25, 0.3) is 5.82 Å². The van der Waals surface area contributed by atoms with Gasteiger partial charge in [0, 0.05) is 17.4 Å². The normalized spacial score (nSPS) is 25.6. The number of pyridine rings is 1. The van der Waals surface area contributed by atoms with Gasteiger partial charge in [-0.25, -0.2) is 9.67 Å². The second-order valence-electron chi connectivity index (χ2n) is 6.67. The van der Waals surface area contributed by atoms with Crippen LogP contribution >= 0.6 is 46.3 Å². The van der Waals surface area contributed by atoms with Crippen LogP contribution in [0.1, 0.15) is 6.04 Å². The van der Waals surface area contributed by atoms with Gasteiger partial charge >= 0.3 is 0 Å². The van der Waals surface area contributed by atoms with Crippen molar-refractivity contribution >= 4 is 52.1 Å². The second-order valence-corrected chi connectivity index (χ2v) is 9.49. The Balaban J connectivity index is 1.68. The number of thiazole rings is 1. The molecule has 0 aromatic carbocycles. The molecule has 4 heterocycles. The molecule has 14 heteroatoms. The maximum Gasteiger partial charge on any atom is 0.283 e. The van der Waals surface area contributed by atoms with Gasteiger partial charge in [-0.1, -0.05) is 35.0 Å². The number of rotatable bonds is 6. The summed E-state index contributed by atoms with van der Waals surface area (Å²) in [4.78, 5) is 12.1. The van der Waals surface area contributed by atoms with Gasteiger partial charge in [0.05, 0.1) is 17.8 Å². The van der Waals surface area contributed by atoms with Crippen molar-refractivity contribution in [3.05, 3.63) is 45.4 Å². The minimum atomic E-state index is -1.14. The van der Waals surface area contributed by atoms with Crippen molar-refractivity contribution in [1.29, 1.82) is 0 Å². The number of methoxy groups -OCH3 is 1. The summed E-state index contributed by atoms with van der Waals surface area (Å²) in [5, 5.41) is 32.0. The summed E-state index contributed by atoms with van der Waals surface area (Å²) < 4.78 is 13.1. The molecule has 0 saturated carbocycles. The van der Waals surface area contributed by atoms with E-state index in [1.807, 2.05) is 0 Å². The first-order valence-corrected chi connectivity index (χ1v) is 11.7. The van der Waals surface area contributed by atoms with E-state index >= 15 is 0 Å². The summed E-state index contributed by atoms with van der Waals surface area (Å²) in [6, 6.07) is 0.861. The summed E-state index contributed by atoms with van der Waals surface area (Å²) in [6.45, 7) is 6.92. The molecule has 2 unspecified atom stereocenters. The van der Waals surface area contributed by atoms with E-state index in [9.17, 15) is 10.2 Å². The average molecular weight is 515 g/mol. The Morgan fingerprint density at radius 1 is 1.44 bits per heavy atom. The Hall–Kier alpha value is -1.82. The van der Waals surface area contributed by atoms with Crippen LogP contribution in [0.15, 0.2) is 28.7 Å². The van der Waals surface area contributed by atoms with E-state index in [2.05, 4.69) is 25.1 Å². The molecule has 1 saturated heterocycles. The topological polar surface area (TPSA) is 120 Å². The molecule has 10 nitrogen and oxygen atoms in total. The van der Waals surface area contributed by atoms with Crippen molar-refractivity contribution < 1.29 is 19.7 Å². The Morgan fingerprint density at radius 3 is 2.91 bits per heavy atom. The van der Waals surface area contributed by atoms with Crippen LogP contribution in [0.4, 0.5) is 5.82 Å². The van der Waals surface area contributed by atoms with E-state index in [0.29, 0.717) is 25.8 Å². The molecule has 1 aliphatic rings. The molecular formula is C18H16Cl2N6O4S2. The molecule has 0 amide bonds. The lowest BCUT2D eigenvalue weighted by atomic mass is 9.97. The van der Waals surface area contributed by atoms with Crippen molar-refractivity contribution in [1.82, 2.24) is 25.0 Å². The van der Waals surface area contributed by atoms with Crippen molar-refractivity contribution in [2.45, 2.75) is 34.7 Å². The molecule has 3 aromatic heterocycles. The molecule has 0 spiro atoms. The summed E-state index contributed by atoms with van der Waals surface area (Å²) in [5.41, 5.74) is -0.234. The zero-order valence-electron chi connectivity index (χ0n) is 16.4. The fraction of sp³-hybridized carbons (Fsp3) is 0.389. The van der Waals surface area contributed by atoms with Gasteiger partial charge in [-0.05, 0) is 6.07 Å². The van der Waals surface area contributed by atoms with Gasteiger partial charge in [0.1, 0.15) is 51.8 Å². The SMILES string of the molecule is [C-]#[N+]c1ncc(Cl)cc1S[C@H]1OC(CO)[C@H](O)[C@H](n2cc(-c3nc(Cl)cs3)nn2)C1OC. The number of hydrogen-bond donors (Lipinski definition) is 2. The summed E-state index contributed by atoms with van der Waals surface area (Å²) >= 11 is 14.4. The maximum absolute atomic E-state index is 10.9. The molecule has 2 N–H and O–H groups in total. The Labute approximate surface area is 200 Å². The molecule has 32 heavy (non-hydrogen) atoms. The van der Waals surface area contributed by atoms with Crippen molar-refractivity contribution in [3.8, 4) is 10.7 Å². The predicted octanol–water partition coefficient (Wildman–Crippen LogP) is 3.08. The van der Waals surface area contributed by atoms with Crippen LogP contribution in [-0.4, -0.2) is 72.6 Å². The minimum Gasteiger partial charge on any atom is -0.394 e. The molecule has 4 rings (SSSR count). The summed E-state index contributed by atoms with van der Waals surface area (Å²) in [7, 11) is 1.48. The number of hydrogen-bond acceptors (Lipinski definition) is 10. The van der Waals surface area contributed by atoms with Crippen LogP contribution in [0.3, 0.4) is 0 Å². The van der Waals surface area contributed by atoms with E-state index in [1.54, 1.807) is 17.6 Å². The van der Waals surface area contributed by atoms with Crippen LogP contribution in [0.25, 0.3) is 15.5 Å². The lowest BCUT2D eigenvalue weighted by molar-refractivity contribution is -0.186. The van der Waals surface area contributed by atoms with Crippen molar-refractivity contribution in [2.24, 2.45) is 0 Å². The third-order valence-electron chi connectivity index (χ3n) is 4.76. The highest BCUT2D eigenvalue weighted by atomic mass is 35.5. The molecular weight excluding hydrogens is 499 g/mol. The Morgan fingerprint density at radius 2 is 2.25 bits per heavy atom. The van der Waals surface area contributed by atoms with Gasteiger partial charge in [-0.2, -0.15) is 0 Å². The lowest BCUT2D eigenvalue weighted by Gasteiger charge is -2.43. The first-order valence-electron chi connectivity index (χ1n) is 9.15. The quantitative estimate of drug-likeness (QED) is 0.478. The first kappa shape index (κ1) is 23.3. The predicted molar refractivity (Wildman–Crippen MR) is 119 cm³/mol. The molecule has 5 atom stereocenters. The molecule has 3 aromatic rings. The highest BCUT2D eigenvalue weighted by Gasteiger charge is 2.47. The average Bonchev–Trinajstić information content (AvgIpc) is 3.43. The highest BCUT2D eigenvalue weighted by Crippen LogP contribution is 2.42. The summed E-state index contributed by atoms with van der Waals surface area (Å²) in [6.07, 6.45) is 0.231. The van der Waals surface area contributed by atoms with Crippen molar-refractivity contribution in [2.75, 3.05) is 13.7 Å². The number of aliphatic hydroxyl groups is 2. The van der Waals surface area contributed by atoms with Gasteiger partial charge < -0.3 is 24.5 Å². The Kier molecular flexibility index (Phi) is 7.28. The number of aliphatic hydroxyl groups excluding tert-OH is 2. The zero-order chi connectivity index (χ0) is 22.8.